The van der Waals surface area contributed by atoms with Crippen LogP contribution in [0.3, 0.4) is 0 Å². The molecule has 6 heteroatoms. The van der Waals surface area contributed by atoms with Gasteiger partial charge in [-0.25, -0.2) is 0 Å². The highest BCUT2D eigenvalue weighted by Gasteiger charge is 2.40. The number of hydrogen-bond donors (Lipinski definition) is 1. The normalized spacial score (nSPS) is 21.9. The fourth-order valence-corrected chi connectivity index (χ4v) is 2.65. The number of benzene rings is 1. The Morgan fingerprint density at radius 1 is 1.52 bits per heavy atom. The first-order valence-electron chi connectivity index (χ1n) is 6.68. The molecule has 1 atom stereocenters. The molecule has 0 bridgehead atoms. The summed E-state index contributed by atoms with van der Waals surface area (Å²) in [7, 11) is 0. The van der Waals surface area contributed by atoms with Crippen molar-refractivity contribution in [3.63, 3.8) is 0 Å². The summed E-state index contributed by atoms with van der Waals surface area (Å²) < 4.78 is 38.3. The maximum Gasteiger partial charge on any atom is 0.416 e. The summed E-state index contributed by atoms with van der Waals surface area (Å²) in [6.07, 6.45) is -1.94. The minimum Gasteiger partial charge on any atom is -0.308 e. The van der Waals surface area contributed by atoms with Crippen LogP contribution in [-0.4, -0.2) is 11.6 Å². The number of nitrogens with zero attached hydrogens (tertiary/aromatic N) is 1. The van der Waals surface area contributed by atoms with E-state index in [1.165, 1.54) is 11.0 Å². The van der Waals surface area contributed by atoms with Crippen LogP contribution in [0.5, 0.6) is 0 Å². The molecule has 1 aromatic rings. The van der Waals surface area contributed by atoms with Crippen molar-refractivity contribution in [3.8, 4) is 0 Å². The summed E-state index contributed by atoms with van der Waals surface area (Å²) in [5.41, 5.74) is 5.56. The molecule has 3 nitrogen and oxygen atoms in total. The van der Waals surface area contributed by atoms with Crippen molar-refractivity contribution in [3.05, 3.63) is 42.0 Å². The molecular weight excluding hydrogens is 281 g/mol. The molecule has 0 radical (unpaired) electrons. The number of hydrogen-bond acceptors (Lipinski definition) is 2. The molecule has 21 heavy (non-hydrogen) atoms. The number of halogens is 3. The lowest BCUT2D eigenvalue weighted by atomic mass is 9.88. The van der Waals surface area contributed by atoms with E-state index in [9.17, 15) is 18.0 Å². The van der Waals surface area contributed by atoms with E-state index in [-0.39, 0.29) is 0 Å². The van der Waals surface area contributed by atoms with Gasteiger partial charge in [-0.1, -0.05) is 13.5 Å². The third-order valence-electron chi connectivity index (χ3n) is 3.93. The van der Waals surface area contributed by atoms with Crippen molar-refractivity contribution in [2.24, 2.45) is 5.73 Å². The molecule has 0 aliphatic carbocycles. The van der Waals surface area contributed by atoms with E-state index in [1.807, 2.05) is 6.92 Å². The number of alkyl halides is 3. The summed E-state index contributed by atoms with van der Waals surface area (Å²) >= 11 is 0. The van der Waals surface area contributed by atoms with E-state index in [4.69, 9.17) is 5.73 Å². The summed E-state index contributed by atoms with van der Waals surface area (Å²) in [4.78, 5) is 13.5. The lowest BCUT2D eigenvalue weighted by molar-refractivity contribution is -0.137. The van der Waals surface area contributed by atoms with Gasteiger partial charge in [0.2, 0.25) is 0 Å². The summed E-state index contributed by atoms with van der Waals surface area (Å²) in [6.45, 7) is 5.28. The van der Waals surface area contributed by atoms with Crippen molar-refractivity contribution < 1.29 is 18.0 Å². The second-order valence-electron chi connectivity index (χ2n) is 5.18. The number of carbonyl (C=O) groups is 1. The van der Waals surface area contributed by atoms with Crippen LogP contribution in [-0.2, 0) is 17.4 Å². The first-order valence-corrected chi connectivity index (χ1v) is 6.68. The molecule has 1 aromatic carbocycles. The van der Waals surface area contributed by atoms with Crippen LogP contribution < -0.4 is 10.6 Å². The molecule has 0 saturated carbocycles. The van der Waals surface area contributed by atoms with Crippen LogP contribution in [0.2, 0.25) is 0 Å². The summed E-state index contributed by atoms with van der Waals surface area (Å²) in [5.74, 6) is -0.403. The highest BCUT2D eigenvalue weighted by molar-refractivity contribution is 6.03. The molecule has 0 spiro atoms. The van der Waals surface area contributed by atoms with Gasteiger partial charge in [0.25, 0.3) is 5.91 Å². The average Bonchev–Trinajstić information content (AvgIpc) is 2.45. The second-order valence-corrected chi connectivity index (χ2v) is 5.18. The van der Waals surface area contributed by atoms with Crippen molar-refractivity contribution in [1.82, 2.24) is 0 Å². The van der Waals surface area contributed by atoms with E-state index >= 15 is 0 Å². The number of anilines is 1. The zero-order valence-corrected chi connectivity index (χ0v) is 11.7. The second kappa shape index (κ2) is 5.18. The van der Waals surface area contributed by atoms with Gasteiger partial charge in [-0.05, 0) is 49.1 Å². The number of nitrogens with two attached hydrogens (primary N) is 1. The third kappa shape index (κ3) is 2.68. The molecule has 0 saturated heterocycles. The molecule has 2 rings (SSSR count). The maximum absolute atomic E-state index is 12.8. The molecule has 1 aliphatic rings. The topological polar surface area (TPSA) is 46.3 Å². The van der Waals surface area contributed by atoms with Crippen LogP contribution in [0.4, 0.5) is 18.9 Å². The highest BCUT2D eigenvalue weighted by atomic mass is 19.4. The van der Waals surface area contributed by atoms with Crippen LogP contribution in [0, 0.1) is 0 Å². The van der Waals surface area contributed by atoms with Crippen LogP contribution in [0.1, 0.15) is 30.9 Å². The third-order valence-corrected chi connectivity index (χ3v) is 3.93. The number of amides is 1. The number of carbonyl (C=O) groups excluding carboxylic acids is 1. The van der Waals surface area contributed by atoms with Gasteiger partial charge in [-0.2, -0.15) is 13.2 Å². The predicted octanol–water partition coefficient (Wildman–Crippen LogP) is 3.24. The molecule has 0 fully saturated rings. The summed E-state index contributed by atoms with van der Waals surface area (Å²) in [5, 5.41) is 0. The van der Waals surface area contributed by atoms with E-state index < -0.39 is 23.3 Å². The van der Waals surface area contributed by atoms with Gasteiger partial charge in [-0.3, -0.25) is 9.69 Å². The Bertz CT molecular complexity index is 583. The van der Waals surface area contributed by atoms with Crippen molar-refractivity contribution in [2.45, 2.75) is 38.0 Å². The standard InChI is InChI=1S/C15H17F3N2O/c1-3-13(21)20-12-6-5-11(15(16,17)18)9-10(12)7-8-14(20,19)4-2/h3,5-6,9H,1,4,7-8,19H2,2H3. The summed E-state index contributed by atoms with van der Waals surface area (Å²) in [6, 6.07) is 3.38. The monoisotopic (exact) mass is 298 g/mol. The number of aryl methyl sites for hydroxylation is 1. The Labute approximate surface area is 121 Å². The fraction of sp³-hybridized carbons (Fsp3) is 0.400. The van der Waals surface area contributed by atoms with Crippen LogP contribution in [0.25, 0.3) is 0 Å². The van der Waals surface area contributed by atoms with Gasteiger partial charge in [0, 0.05) is 5.69 Å². The lowest BCUT2D eigenvalue weighted by Crippen LogP contribution is -2.60. The smallest absolute Gasteiger partial charge is 0.308 e. The molecule has 1 amide bonds. The van der Waals surface area contributed by atoms with Gasteiger partial charge in [-0.15, -0.1) is 0 Å². The minimum atomic E-state index is -4.40. The van der Waals surface area contributed by atoms with Crippen LogP contribution in [0.15, 0.2) is 30.9 Å². The van der Waals surface area contributed by atoms with Gasteiger partial charge < -0.3 is 5.73 Å². The SMILES string of the molecule is C=CC(=O)N1c2ccc(C(F)(F)F)cc2CCC1(N)CC. The Hall–Kier alpha value is -1.82. The maximum atomic E-state index is 12.8. The van der Waals surface area contributed by atoms with E-state index in [1.54, 1.807) is 0 Å². The molecule has 1 unspecified atom stereocenters. The van der Waals surface area contributed by atoms with Gasteiger partial charge in [0.05, 0.1) is 11.2 Å². The van der Waals surface area contributed by atoms with E-state index in [0.717, 1.165) is 18.2 Å². The van der Waals surface area contributed by atoms with Gasteiger partial charge in [0.15, 0.2) is 0 Å². The van der Waals surface area contributed by atoms with Crippen molar-refractivity contribution in [1.29, 1.82) is 0 Å². The Kier molecular flexibility index (Phi) is 3.84. The largest absolute Gasteiger partial charge is 0.416 e. The number of rotatable bonds is 2. The minimum absolute atomic E-state index is 0.403. The molecule has 1 heterocycles. The zero-order valence-electron chi connectivity index (χ0n) is 11.7. The molecule has 2 N–H and O–H groups in total. The Balaban J connectivity index is 2.55. The van der Waals surface area contributed by atoms with Crippen molar-refractivity contribution in [2.75, 3.05) is 4.90 Å². The van der Waals surface area contributed by atoms with E-state index in [0.29, 0.717) is 30.5 Å². The molecule has 0 aromatic heterocycles. The Morgan fingerprint density at radius 2 is 2.19 bits per heavy atom. The van der Waals surface area contributed by atoms with Crippen molar-refractivity contribution >= 4 is 11.6 Å². The quantitative estimate of drug-likeness (QED) is 0.852. The molecule has 1 aliphatic heterocycles. The predicted molar refractivity (Wildman–Crippen MR) is 74.7 cm³/mol. The molecular formula is C15H17F3N2O. The number of fused-ring (bicyclic) bond motifs is 1. The fourth-order valence-electron chi connectivity index (χ4n) is 2.65. The lowest BCUT2D eigenvalue weighted by Gasteiger charge is -2.44. The van der Waals surface area contributed by atoms with Crippen LogP contribution >= 0.6 is 0 Å². The first kappa shape index (κ1) is 15.6. The van der Waals surface area contributed by atoms with Gasteiger partial charge >= 0.3 is 6.18 Å². The van der Waals surface area contributed by atoms with Gasteiger partial charge in [0.1, 0.15) is 0 Å². The molecule has 114 valence electrons. The highest BCUT2D eigenvalue weighted by Crippen LogP contribution is 2.39. The average molecular weight is 298 g/mol. The Morgan fingerprint density at radius 3 is 2.71 bits per heavy atom. The zero-order chi connectivity index (χ0) is 15.8. The first-order chi connectivity index (χ1) is 9.73. The van der Waals surface area contributed by atoms with E-state index in [2.05, 4.69) is 6.58 Å².